The first-order valence-corrected chi connectivity index (χ1v) is 13.6. The maximum Gasteiger partial charge on any atom is 0.264 e. The minimum atomic E-state index is -0.383. The summed E-state index contributed by atoms with van der Waals surface area (Å²) in [5.41, 5.74) is 2.74. The van der Waals surface area contributed by atoms with Crippen LogP contribution in [-0.4, -0.2) is 55.1 Å². The maximum atomic E-state index is 12.8. The molecule has 3 aromatic rings. The van der Waals surface area contributed by atoms with Gasteiger partial charge in [0.15, 0.2) is 5.11 Å². The number of hydrogen-bond donors (Lipinski definition) is 2. The fourth-order valence-corrected chi connectivity index (χ4v) is 5.82. The van der Waals surface area contributed by atoms with Gasteiger partial charge in [0.05, 0.1) is 28.3 Å². The largest absolute Gasteiger partial charge is 0.496 e. The second-order valence-electron chi connectivity index (χ2n) is 8.13. The molecule has 2 heterocycles. The molecule has 2 amide bonds. The predicted molar refractivity (Wildman–Crippen MR) is 153 cm³/mol. The highest BCUT2D eigenvalue weighted by molar-refractivity contribution is 9.10. The number of nitrogens with zero attached hydrogens (tertiary/aromatic N) is 2. The van der Waals surface area contributed by atoms with Crippen molar-refractivity contribution in [1.82, 2.24) is 10.2 Å². The Morgan fingerprint density at radius 2 is 1.89 bits per heavy atom. The number of halogens is 2. The van der Waals surface area contributed by atoms with Crippen LogP contribution in [0.5, 0.6) is 5.75 Å². The highest BCUT2D eigenvalue weighted by Crippen LogP contribution is 2.30. The molecule has 188 valence electrons. The summed E-state index contributed by atoms with van der Waals surface area (Å²) in [7, 11) is 1.52. The van der Waals surface area contributed by atoms with Gasteiger partial charge in [-0.15, -0.1) is 11.3 Å². The smallest absolute Gasteiger partial charge is 0.264 e. The number of piperazine rings is 1. The van der Waals surface area contributed by atoms with Crippen LogP contribution in [0.1, 0.15) is 25.6 Å². The van der Waals surface area contributed by atoms with Crippen LogP contribution in [0.25, 0.3) is 0 Å². The van der Waals surface area contributed by atoms with Gasteiger partial charge < -0.3 is 19.9 Å². The summed E-state index contributed by atoms with van der Waals surface area (Å²) >= 11 is 16.8. The van der Waals surface area contributed by atoms with Crippen molar-refractivity contribution >= 4 is 79.4 Å². The molecule has 1 saturated heterocycles. The molecule has 7 nitrogen and oxygen atoms in total. The quantitative estimate of drug-likeness (QED) is 0.370. The molecule has 0 radical (unpaired) electrons. The van der Waals surface area contributed by atoms with E-state index in [1.807, 2.05) is 47.5 Å². The summed E-state index contributed by atoms with van der Waals surface area (Å²) in [4.78, 5) is 30.2. The summed E-state index contributed by atoms with van der Waals surface area (Å²) in [6.45, 7) is 4.49. The van der Waals surface area contributed by atoms with E-state index < -0.39 is 0 Å². The first-order valence-electron chi connectivity index (χ1n) is 11.1. The number of thiophene rings is 1. The fourth-order valence-electron chi connectivity index (χ4n) is 4.05. The zero-order valence-corrected chi connectivity index (χ0v) is 23.6. The molecule has 1 fully saturated rings. The summed E-state index contributed by atoms with van der Waals surface area (Å²) in [6.07, 6.45) is 0. The van der Waals surface area contributed by atoms with Crippen molar-refractivity contribution in [3.8, 4) is 5.75 Å². The summed E-state index contributed by atoms with van der Waals surface area (Å²) < 4.78 is 6.16. The lowest BCUT2D eigenvalue weighted by atomic mass is 10.1. The fraction of sp³-hybridized carbons (Fsp3) is 0.240. The molecular formula is C25H24BrClN4O3S2. The van der Waals surface area contributed by atoms with E-state index in [-0.39, 0.29) is 16.9 Å². The number of carbonyl (C=O) groups excluding carboxylic acids is 2. The average Bonchev–Trinajstić information content (AvgIpc) is 3.38. The Labute approximate surface area is 232 Å². The van der Waals surface area contributed by atoms with Gasteiger partial charge in [-0.2, -0.15) is 0 Å². The third kappa shape index (κ3) is 6.00. The SMILES string of the molecule is COc1c(C)cc(Br)cc1C(=O)NC(=S)Nc1ccc(N2CCN(C(=O)c3cccs3)CC2)c(Cl)c1. The first-order chi connectivity index (χ1) is 17.3. The lowest BCUT2D eigenvalue weighted by Crippen LogP contribution is -2.48. The second kappa shape index (κ2) is 11.6. The molecule has 0 unspecified atom stereocenters. The van der Waals surface area contributed by atoms with Crippen molar-refractivity contribution in [3.05, 3.63) is 73.3 Å². The molecule has 4 rings (SSSR count). The zero-order chi connectivity index (χ0) is 25.8. The highest BCUT2D eigenvalue weighted by atomic mass is 79.9. The molecule has 1 aromatic heterocycles. The van der Waals surface area contributed by atoms with E-state index in [2.05, 4.69) is 31.5 Å². The van der Waals surface area contributed by atoms with Crippen LogP contribution in [-0.2, 0) is 0 Å². The van der Waals surface area contributed by atoms with Gasteiger partial charge in [-0.1, -0.05) is 33.6 Å². The van der Waals surface area contributed by atoms with Gasteiger partial charge in [-0.25, -0.2) is 0 Å². The van der Waals surface area contributed by atoms with Crippen LogP contribution in [0.15, 0.2) is 52.3 Å². The third-order valence-electron chi connectivity index (χ3n) is 5.76. The topological polar surface area (TPSA) is 73.9 Å². The molecule has 0 saturated carbocycles. The Morgan fingerprint density at radius 3 is 2.53 bits per heavy atom. The van der Waals surface area contributed by atoms with Gasteiger partial charge in [0.1, 0.15) is 5.75 Å². The first kappa shape index (κ1) is 26.4. The van der Waals surface area contributed by atoms with Crippen molar-refractivity contribution in [2.24, 2.45) is 0 Å². The number of amides is 2. The van der Waals surface area contributed by atoms with E-state index in [1.165, 1.54) is 18.4 Å². The minimum Gasteiger partial charge on any atom is -0.496 e. The molecule has 0 aliphatic carbocycles. The van der Waals surface area contributed by atoms with Gasteiger partial charge in [0.25, 0.3) is 11.8 Å². The van der Waals surface area contributed by atoms with E-state index in [9.17, 15) is 9.59 Å². The molecule has 2 N–H and O–H groups in total. The lowest BCUT2D eigenvalue weighted by Gasteiger charge is -2.36. The number of hydrogen-bond acceptors (Lipinski definition) is 6. The Bertz CT molecular complexity index is 1290. The Morgan fingerprint density at radius 1 is 1.14 bits per heavy atom. The number of anilines is 2. The van der Waals surface area contributed by atoms with E-state index in [0.29, 0.717) is 48.2 Å². The maximum absolute atomic E-state index is 12.8. The van der Waals surface area contributed by atoms with Gasteiger partial charge in [-0.3, -0.25) is 14.9 Å². The second-order valence-corrected chi connectivity index (χ2v) is 10.8. The van der Waals surface area contributed by atoms with Crippen molar-refractivity contribution in [2.45, 2.75) is 6.92 Å². The molecular weight excluding hydrogens is 584 g/mol. The molecule has 11 heteroatoms. The van der Waals surface area contributed by atoms with Crippen LogP contribution in [0.3, 0.4) is 0 Å². The van der Waals surface area contributed by atoms with E-state index in [0.717, 1.165) is 20.6 Å². The van der Waals surface area contributed by atoms with Crippen molar-refractivity contribution < 1.29 is 14.3 Å². The van der Waals surface area contributed by atoms with Crippen LogP contribution in [0.2, 0.25) is 5.02 Å². The number of benzene rings is 2. The highest BCUT2D eigenvalue weighted by Gasteiger charge is 2.24. The Kier molecular flexibility index (Phi) is 8.50. The summed E-state index contributed by atoms with van der Waals surface area (Å²) in [6, 6.07) is 12.8. The van der Waals surface area contributed by atoms with E-state index in [4.69, 9.17) is 28.6 Å². The number of ether oxygens (including phenoxy) is 1. The van der Waals surface area contributed by atoms with Crippen LogP contribution in [0, 0.1) is 6.92 Å². The number of nitrogens with one attached hydrogen (secondary N) is 2. The standard InChI is InChI=1S/C25H24BrClN4O3S2/c1-15-12-16(26)13-18(22(15)34-2)23(32)29-25(35)28-17-5-6-20(19(27)14-17)30-7-9-31(10-8-30)24(33)21-4-3-11-36-21/h3-6,11-14H,7-10H2,1-2H3,(H2,28,29,32,35). The predicted octanol–water partition coefficient (Wildman–Crippen LogP) is 5.57. The van der Waals surface area contributed by atoms with Crippen molar-refractivity contribution in [3.63, 3.8) is 0 Å². The Hall–Kier alpha value is -2.66. The van der Waals surface area contributed by atoms with Crippen LogP contribution < -0.4 is 20.3 Å². The molecule has 2 aromatic carbocycles. The van der Waals surface area contributed by atoms with Gasteiger partial charge in [0, 0.05) is 36.3 Å². The van der Waals surface area contributed by atoms with Gasteiger partial charge in [0.2, 0.25) is 0 Å². The van der Waals surface area contributed by atoms with Crippen LogP contribution >= 0.6 is 51.1 Å². The third-order valence-corrected chi connectivity index (χ3v) is 7.58. The number of carbonyl (C=O) groups is 2. The van der Waals surface area contributed by atoms with Gasteiger partial charge in [-0.05, 0) is 66.5 Å². The summed E-state index contributed by atoms with van der Waals surface area (Å²) in [5.74, 6) is 0.177. The minimum absolute atomic E-state index is 0.0708. The normalized spacial score (nSPS) is 13.3. The zero-order valence-electron chi connectivity index (χ0n) is 19.6. The Balaban J connectivity index is 1.36. The van der Waals surface area contributed by atoms with E-state index >= 15 is 0 Å². The molecule has 0 atom stereocenters. The molecule has 1 aliphatic heterocycles. The number of methoxy groups -OCH3 is 1. The molecule has 36 heavy (non-hydrogen) atoms. The summed E-state index contributed by atoms with van der Waals surface area (Å²) in [5, 5.41) is 8.31. The lowest BCUT2D eigenvalue weighted by molar-refractivity contribution is 0.0751. The van der Waals surface area contributed by atoms with Crippen molar-refractivity contribution in [1.29, 1.82) is 0 Å². The monoisotopic (exact) mass is 606 g/mol. The molecule has 1 aliphatic rings. The van der Waals surface area contributed by atoms with Gasteiger partial charge >= 0.3 is 0 Å². The molecule has 0 bridgehead atoms. The number of thiocarbonyl (C=S) groups is 1. The average molecular weight is 608 g/mol. The molecule has 0 spiro atoms. The number of rotatable bonds is 5. The van der Waals surface area contributed by atoms with Crippen LogP contribution in [0.4, 0.5) is 11.4 Å². The number of aryl methyl sites for hydroxylation is 1. The van der Waals surface area contributed by atoms with Crippen molar-refractivity contribution in [2.75, 3.05) is 43.5 Å². The van der Waals surface area contributed by atoms with E-state index in [1.54, 1.807) is 12.1 Å².